The van der Waals surface area contributed by atoms with Crippen molar-refractivity contribution >= 4 is 40.3 Å². The van der Waals surface area contributed by atoms with Crippen LogP contribution in [0.2, 0.25) is 0 Å². The fourth-order valence-corrected chi connectivity index (χ4v) is 3.86. The lowest BCUT2D eigenvalue weighted by atomic mass is 10.0. The minimum absolute atomic E-state index is 0.106. The standard InChI is InChI=1S/C17H15NOS2/c1-9-6-10(2)13-5-4-12(15(13)11(3)7-9)8-14-16(19)18-17(20)21-14/h4-8H,1-3H3,(H,18,19,20)/b14-8-. The third-order valence-corrected chi connectivity index (χ3v) is 4.79. The van der Waals surface area contributed by atoms with Crippen molar-refractivity contribution in [2.75, 3.05) is 0 Å². The smallest absolute Gasteiger partial charge is 0.263 e. The lowest BCUT2D eigenvalue weighted by Crippen LogP contribution is -2.17. The SMILES string of the molecule is Cc1cc(C)c2ccc(/C=C3\SC(=S)NC3=O)c-2c(C)c1. The van der Waals surface area contributed by atoms with E-state index in [4.69, 9.17) is 12.2 Å². The van der Waals surface area contributed by atoms with Gasteiger partial charge in [0.1, 0.15) is 4.32 Å². The van der Waals surface area contributed by atoms with Crippen LogP contribution in [0.15, 0.2) is 29.2 Å². The molecule has 4 heteroatoms. The third-order valence-electron chi connectivity index (χ3n) is 3.62. The van der Waals surface area contributed by atoms with Crippen LogP contribution >= 0.6 is 24.0 Å². The Morgan fingerprint density at radius 1 is 1.14 bits per heavy atom. The highest BCUT2D eigenvalue weighted by atomic mass is 32.2. The number of aryl methyl sites for hydroxylation is 3. The van der Waals surface area contributed by atoms with Crippen LogP contribution in [-0.2, 0) is 4.79 Å². The van der Waals surface area contributed by atoms with E-state index in [2.05, 4.69) is 50.4 Å². The highest BCUT2D eigenvalue weighted by molar-refractivity contribution is 8.26. The van der Waals surface area contributed by atoms with Crippen LogP contribution in [0, 0.1) is 20.8 Å². The first kappa shape index (κ1) is 14.3. The van der Waals surface area contributed by atoms with Crippen LogP contribution in [0.4, 0.5) is 0 Å². The first-order valence-electron chi connectivity index (χ1n) is 6.71. The van der Waals surface area contributed by atoms with Crippen molar-refractivity contribution in [2.24, 2.45) is 0 Å². The van der Waals surface area contributed by atoms with Gasteiger partial charge in [-0.05, 0) is 54.7 Å². The van der Waals surface area contributed by atoms with Gasteiger partial charge in [-0.3, -0.25) is 4.79 Å². The monoisotopic (exact) mass is 313 g/mol. The molecule has 21 heavy (non-hydrogen) atoms. The predicted octanol–water partition coefficient (Wildman–Crippen LogP) is 4.21. The fraction of sp³-hybridized carbons (Fsp3) is 0.176. The van der Waals surface area contributed by atoms with E-state index in [0.717, 1.165) is 5.56 Å². The molecule has 1 N–H and O–H groups in total. The average Bonchev–Trinajstić information content (AvgIpc) is 2.90. The maximum Gasteiger partial charge on any atom is 0.263 e. The quantitative estimate of drug-likeness (QED) is 0.632. The Labute approximate surface area is 134 Å². The molecule has 1 amide bonds. The summed E-state index contributed by atoms with van der Waals surface area (Å²) in [6, 6.07) is 8.57. The molecule has 0 saturated carbocycles. The van der Waals surface area contributed by atoms with Crippen LogP contribution in [-0.4, -0.2) is 10.2 Å². The number of amides is 1. The van der Waals surface area contributed by atoms with Gasteiger partial charge in [0.2, 0.25) is 0 Å². The molecular formula is C17H15NOS2. The molecule has 0 aromatic carbocycles. The number of hydrogen-bond donors (Lipinski definition) is 1. The molecule has 3 rings (SSSR count). The first-order chi connectivity index (χ1) is 9.95. The molecule has 1 aliphatic heterocycles. The summed E-state index contributed by atoms with van der Waals surface area (Å²) in [5.41, 5.74) is 7.23. The Bertz CT molecular complexity index is 777. The topological polar surface area (TPSA) is 29.1 Å². The summed E-state index contributed by atoms with van der Waals surface area (Å²) in [6.07, 6.45) is 1.93. The van der Waals surface area contributed by atoms with E-state index in [9.17, 15) is 4.79 Å². The Morgan fingerprint density at radius 3 is 2.52 bits per heavy atom. The number of nitrogens with one attached hydrogen (secondary N) is 1. The van der Waals surface area contributed by atoms with Crippen molar-refractivity contribution in [1.29, 1.82) is 0 Å². The molecule has 0 bridgehead atoms. The lowest BCUT2D eigenvalue weighted by Gasteiger charge is -2.03. The normalized spacial score (nSPS) is 16.8. The number of thiocarbonyl (C=S) groups is 1. The van der Waals surface area contributed by atoms with Gasteiger partial charge >= 0.3 is 0 Å². The highest BCUT2D eigenvalue weighted by Crippen LogP contribution is 2.36. The summed E-state index contributed by atoms with van der Waals surface area (Å²) in [4.78, 5) is 12.5. The molecule has 0 atom stereocenters. The Kier molecular flexibility index (Phi) is 3.59. The van der Waals surface area contributed by atoms with E-state index >= 15 is 0 Å². The van der Waals surface area contributed by atoms with Crippen molar-refractivity contribution in [2.45, 2.75) is 20.8 Å². The Hall–Kier alpha value is -1.65. The Balaban J connectivity index is 2.18. The van der Waals surface area contributed by atoms with Crippen LogP contribution in [0.1, 0.15) is 22.3 Å². The minimum atomic E-state index is -0.106. The molecular weight excluding hydrogens is 298 g/mol. The molecule has 1 saturated heterocycles. The number of carbonyl (C=O) groups excluding carboxylic acids is 1. The maximum atomic E-state index is 11.8. The maximum absolute atomic E-state index is 11.8. The van der Waals surface area contributed by atoms with Gasteiger partial charge < -0.3 is 5.32 Å². The van der Waals surface area contributed by atoms with Crippen LogP contribution in [0.5, 0.6) is 0 Å². The molecule has 2 aliphatic carbocycles. The molecule has 0 radical (unpaired) electrons. The second-order valence-corrected chi connectivity index (χ2v) is 7.05. The van der Waals surface area contributed by atoms with Gasteiger partial charge in [-0.1, -0.05) is 53.8 Å². The number of thioether (sulfide) groups is 1. The number of rotatable bonds is 1. The second kappa shape index (κ2) is 5.28. The van der Waals surface area contributed by atoms with Gasteiger partial charge in [0.15, 0.2) is 0 Å². The molecule has 0 unspecified atom stereocenters. The highest BCUT2D eigenvalue weighted by Gasteiger charge is 2.23. The van der Waals surface area contributed by atoms with Gasteiger partial charge in [0.25, 0.3) is 5.91 Å². The van der Waals surface area contributed by atoms with Crippen LogP contribution in [0.25, 0.3) is 17.2 Å². The number of hydrogen-bond acceptors (Lipinski definition) is 3. The molecule has 3 aliphatic rings. The van der Waals surface area contributed by atoms with E-state index in [1.165, 1.54) is 39.6 Å². The van der Waals surface area contributed by atoms with E-state index in [-0.39, 0.29) is 5.91 Å². The summed E-state index contributed by atoms with van der Waals surface area (Å²) in [5, 5.41) is 2.66. The second-order valence-electron chi connectivity index (χ2n) is 5.33. The van der Waals surface area contributed by atoms with E-state index < -0.39 is 0 Å². The summed E-state index contributed by atoms with van der Waals surface area (Å²) < 4.78 is 0.524. The third kappa shape index (κ3) is 2.61. The zero-order chi connectivity index (χ0) is 15.1. The van der Waals surface area contributed by atoms with Gasteiger partial charge in [-0.25, -0.2) is 0 Å². The predicted molar refractivity (Wildman–Crippen MR) is 93.6 cm³/mol. The van der Waals surface area contributed by atoms with Gasteiger partial charge in [0.05, 0.1) is 4.91 Å². The molecule has 0 aromatic rings. The van der Waals surface area contributed by atoms with E-state index in [0.29, 0.717) is 9.23 Å². The van der Waals surface area contributed by atoms with Crippen molar-refractivity contribution in [3.05, 3.63) is 51.4 Å². The minimum Gasteiger partial charge on any atom is -0.307 e. The van der Waals surface area contributed by atoms with Gasteiger partial charge in [0, 0.05) is 0 Å². The molecule has 0 spiro atoms. The zero-order valence-electron chi connectivity index (χ0n) is 12.1. The van der Waals surface area contributed by atoms with Gasteiger partial charge in [-0.15, -0.1) is 0 Å². The zero-order valence-corrected chi connectivity index (χ0v) is 13.7. The average molecular weight is 313 g/mol. The summed E-state index contributed by atoms with van der Waals surface area (Å²) >= 11 is 6.36. The summed E-state index contributed by atoms with van der Waals surface area (Å²) in [5.74, 6) is -0.106. The summed E-state index contributed by atoms with van der Waals surface area (Å²) in [7, 11) is 0. The van der Waals surface area contributed by atoms with Crippen molar-refractivity contribution in [3.63, 3.8) is 0 Å². The molecule has 1 heterocycles. The van der Waals surface area contributed by atoms with Crippen molar-refractivity contribution in [3.8, 4) is 11.1 Å². The van der Waals surface area contributed by atoms with E-state index in [1.807, 2.05) is 6.08 Å². The van der Waals surface area contributed by atoms with Gasteiger partial charge in [-0.2, -0.15) is 0 Å². The largest absolute Gasteiger partial charge is 0.307 e. The molecule has 0 aromatic heterocycles. The molecule has 2 nitrogen and oxygen atoms in total. The first-order valence-corrected chi connectivity index (χ1v) is 7.93. The summed E-state index contributed by atoms with van der Waals surface area (Å²) in [6.45, 7) is 6.34. The Morgan fingerprint density at radius 2 is 1.86 bits per heavy atom. The van der Waals surface area contributed by atoms with E-state index in [1.54, 1.807) is 0 Å². The lowest BCUT2D eigenvalue weighted by molar-refractivity contribution is -0.115. The van der Waals surface area contributed by atoms with Crippen molar-refractivity contribution in [1.82, 2.24) is 5.32 Å². The van der Waals surface area contributed by atoms with Crippen LogP contribution in [0.3, 0.4) is 0 Å². The number of carbonyl (C=O) groups is 1. The number of fused-ring (bicyclic) bond motifs is 1. The van der Waals surface area contributed by atoms with Crippen molar-refractivity contribution < 1.29 is 4.79 Å². The molecule has 106 valence electrons. The van der Waals surface area contributed by atoms with Crippen LogP contribution < -0.4 is 5.32 Å². The fourth-order valence-electron chi connectivity index (χ4n) is 2.82. The molecule has 1 fully saturated rings.